The molecule has 1 aliphatic carbocycles. The molecule has 3 rings (SSSR count). The number of ether oxygens (including phenoxy) is 2. The maximum absolute atomic E-state index is 13.6. The molecule has 1 aliphatic rings. The number of hydrogen-bond donors (Lipinski definition) is 2. The lowest BCUT2D eigenvalue weighted by atomic mass is 10.0. The van der Waals surface area contributed by atoms with E-state index in [0.717, 1.165) is 25.7 Å². The lowest BCUT2D eigenvalue weighted by Crippen LogP contribution is -2.49. The van der Waals surface area contributed by atoms with Gasteiger partial charge in [-0.3, -0.25) is 14.4 Å². The highest BCUT2D eigenvalue weighted by Crippen LogP contribution is 2.31. The van der Waals surface area contributed by atoms with Gasteiger partial charge in [-0.05, 0) is 38.0 Å². The smallest absolute Gasteiger partial charge is 0.287 e. The summed E-state index contributed by atoms with van der Waals surface area (Å²) < 4.78 is 16.1. The Kier molecular flexibility index (Phi) is 9.51. The molecule has 1 heterocycles. The summed E-state index contributed by atoms with van der Waals surface area (Å²) in [6.07, 6.45) is 5.34. The molecule has 0 saturated heterocycles. The summed E-state index contributed by atoms with van der Waals surface area (Å²) in [7, 11) is 1.53. The highest BCUT2D eigenvalue weighted by Gasteiger charge is 2.35. The van der Waals surface area contributed by atoms with Crippen LogP contribution in [0, 0.1) is 0 Å². The van der Waals surface area contributed by atoms with E-state index in [2.05, 4.69) is 10.6 Å². The lowest BCUT2D eigenvalue weighted by Gasteiger charge is -2.33. The fourth-order valence-corrected chi connectivity index (χ4v) is 4.13. The summed E-state index contributed by atoms with van der Waals surface area (Å²) in [4.78, 5) is 40.7. The number of carbonyl (C=O) groups is 3. The SMILES string of the molecule is CCOc1ccccc1[C@@H](C(=O)NC1CCCC1)N(CCOC)C(=O)CNC(=O)c1ccco1. The molecule has 1 fully saturated rings. The molecule has 2 aromatic rings. The topological polar surface area (TPSA) is 110 Å². The molecule has 1 aromatic carbocycles. The van der Waals surface area contributed by atoms with Crippen molar-refractivity contribution in [3.8, 4) is 5.75 Å². The Hall–Kier alpha value is -3.33. The lowest BCUT2D eigenvalue weighted by molar-refractivity contribution is -0.141. The van der Waals surface area contributed by atoms with E-state index in [9.17, 15) is 14.4 Å². The van der Waals surface area contributed by atoms with Crippen LogP contribution in [0.2, 0.25) is 0 Å². The van der Waals surface area contributed by atoms with Gasteiger partial charge in [-0.2, -0.15) is 0 Å². The number of nitrogens with zero attached hydrogens (tertiary/aromatic N) is 1. The van der Waals surface area contributed by atoms with Crippen LogP contribution in [0.25, 0.3) is 0 Å². The Labute approximate surface area is 199 Å². The number of para-hydroxylation sites is 1. The van der Waals surface area contributed by atoms with E-state index in [0.29, 0.717) is 17.9 Å². The second-order valence-corrected chi connectivity index (χ2v) is 8.10. The van der Waals surface area contributed by atoms with Crippen LogP contribution in [0.1, 0.15) is 54.8 Å². The maximum Gasteiger partial charge on any atom is 0.287 e. The molecule has 0 spiro atoms. The van der Waals surface area contributed by atoms with E-state index >= 15 is 0 Å². The predicted octanol–water partition coefficient (Wildman–Crippen LogP) is 2.68. The van der Waals surface area contributed by atoms with E-state index in [1.807, 2.05) is 19.1 Å². The number of amides is 3. The number of carbonyl (C=O) groups excluding carboxylic acids is 3. The summed E-state index contributed by atoms with van der Waals surface area (Å²) in [5.74, 6) is -0.567. The molecule has 0 aliphatic heterocycles. The zero-order valence-corrected chi connectivity index (χ0v) is 19.7. The van der Waals surface area contributed by atoms with Crippen LogP contribution in [0.3, 0.4) is 0 Å². The molecule has 3 amide bonds. The summed E-state index contributed by atoms with van der Waals surface area (Å²) in [6.45, 7) is 2.37. The first-order valence-corrected chi connectivity index (χ1v) is 11.7. The highest BCUT2D eigenvalue weighted by molar-refractivity contribution is 5.95. The van der Waals surface area contributed by atoms with Crippen molar-refractivity contribution in [2.45, 2.75) is 44.7 Å². The highest BCUT2D eigenvalue weighted by atomic mass is 16.5. The third kappa shape index (κ3) is 6.60. The van der Waals surface area contributed by atoms with E-state index < -0.39 is 17.9 Å². The van der Waals surface area contributed by atoms with Crippen molar-refractivity contribution in [2.24, 2.45) is 0 Å². The van der Waals surface area contributed by atoms with E-state index in [1.54, 1.807) is 18.2 Å². The minimum absolute atomic E-state index is 0.0762. The van der Waals surface area contributed by atoms with Crippen molar-refractivity contribution >= 4 is 17.7 Å². The van der Waals surface area contributed by atoms with Crippen molar-refractivity contribution in [1.29, 1.82) is 0 Å². The molecule has 1 saturated carbocycles. The summed E-state index contributed by atoms with van der Waals surface area (Å²) in [6, 6.07) is 9.45. The van der Waals surface area contributed by atoms with Crippen LogP contribution in [-0.4, -0.2) is 62.1 Å². The van der Waals surface area contributed by atoms with Gasteiger partial charge in [-0.25, -0.2) is 0 Å². The molecule has 184 valence electrons. The van der Waals surface area contributed by atoms with E-state index in [1.165, 1.54) is 24.3 Å². The number of methoxy groups -OCH3 is 1. The summed E-state index contributed by atoms with van der Waals surface area (Å²) >= 11 is 0. The van der Waals surface area contributed by atoms with Gasteiger partial charge in [0.25, 0.3) is 5.91 Å². The van der Waals surface area contributed by atoms with Gasteiger partial charge in [0.05, 0.1) is 26.0 Å². The summed E-state index contributed by atoms with van der Waals surface area (Å²) in [5, 5.41) is 5.69. The average molecular weight is 472 g/mol. The third-order valence-electron chi connectivity index (χ3n) is 5.78. The Morgan fingerprint density at radius 1 is 1.15 bits per heavy atom. The largest absolute Gasteiger partial charge is 0.494 e. The number of nitrogens with one attached hydrogen (secondary N) is 2. The van der Waals surface area contributed by atoms with Crippen molar-refractivity contribution < 1.29 is 28.3 Å². The Balaban J connectivity index is 1.88. The van der Waals surface area contributed by atoms with Gasteiger partial charge in [-0.1, -0.05) is 31.0 Å². The molecule has 34 heavy (non-hydrogen) atoms. The van der Waals surface area contributed by atoms with Gasteiger partial charge < -0.3 is 29.4 Å². The third-order valence-corrected chi connectivity index (χ3v) is 5.78. The first-order chi connectivity index (χ1) is 16.5. The van der Waals surface area contributed by atoms with Crippen molar-refractivity contribution in [2.75, 3.05) is 33.4 Å². The standard InChI is InChI=1S/C25H33N3O6/c1-3-33-20-12-7-6-11-19(20)23(25(31)27-18-9-4-5-10-18)28(14-16-32-2)22(29)17-26-24(30)21-13-8-15-34-21/h6-8,11-13,15,18,23H,3-5,9-10,14,16-17H2,1-2H3,(H,26,30)(H,27,31)/t23-/m0/s1. The zero-order chi connectivity index (χ0) is 24.3. The Bertz CT molecular complexity index is 940. The minimum atomic E-state index is -0.938. The zero-order valence-electron chi connectivity index (χ0n) is 19.7. The monoisotopic (exact) mass is 471 g/mol. The fraction of sp³-hybridized carbons (Fsp3) is 0.480. The first kappa shape index (κ1) is 25.3. The van der Waals surface area contributed by atoms with Gasteiger partial charge in [0.15, 0.2) is 5.76 Å². The second-order valence-electron chi connectivity index (χ2n) is 8.10. The number of rotatable bonds is 12. The van der Waals surface area contributed by atoms with Crippen LogP contribution in [0.4, 0.5) is 0 Å². The maximum atomic E-state index is 13.6. The van der Waals surface area contributed by atoms with Gasteiger partial charge in [0.1, 0.15) is 11.8 Å². The quantitative estimate of drug-likeness (QED) is 0.493. The predicted molar refractivity (Wildman–Crippen MR) is 125 cm³/mol. The van der Waals surface area contributed by atoms with Gasteiger partial charge in [-0.15, -0.1) is 0 Å². The number of benzene rings is 1. The normalized spacial score (nSPS) is 14.4. The molecule has 9 heteroatoms. The van der Waals surface area contributed by atoms with Crippen molar-refractivity contribution in [1.82, 2.24) is 15.5 Å². The molecular formula is C25H33N3O6. The molecule has 9 nitrogen and oxygen atoms in total. The molecular weight excluding hydrogens is 438 g/mol. The molecule has 0 unspecified atom stereocenters. The van der Waals surface area contributed by atoms with Crippen molar-refractivity contribution in [3.63, 3.8) is 0 Å². The van der Waals surface area contributed by atoms with E-state index in [4.69, 9.17) is 13.9 Å². The average Bonchev–Trinajstić information content (AvgIpc) is 3.55. The van der Waals surface area contributed by atoms with Crippen LogP contribution in [-0.2, 0) is 14.3 Å². The molecule has 1 aromatic heterocycles. The number of furan rings is 1. The van der Waals surface area contributed by atoms with Crippen LogP contribution < -0.4 is 15.4 Å². The molecule has 2 N–H and O–H groups in total. The molecule has 0 radical (unpaired) electrons. The van der Waals surface area contributed by atoms with Gasteiger partial charge >= 0.3 is 0 Å². The fourth-order valence-electron chi connectivity index (χ4n) is 4.13. The van der Waals surface area contributed by atoms with Gasteiger partial charge in [0.2, 0.25) is 11.8 Å². The molecule has 0 bridgehead atoms. The Morgan fingerprint density at radius 3 is 2.59 bits per heavy atom. The minimum Gasteiger partial charge on any atom is -0.494 e. The number of hydrogen-bond acceptors (Lipinski definition) is 6. The molecule has 1 atom stereocenters. The van der Waals surface area contributed by atoms with Crippen LogP contribution in [0.15, 0.2) is 47.1 Å². The second kappa shape index (κ2) is 12.8. The van der Waals surface area contributed by atoms with Gasteiger partial charge in [0, 0.05) is 25.3 Å². The van der Waals surface area contributed by atoms with Crippen LogP contribution >= 0.6 is 0 Å². The summed E-state index contributed by atoms with van der Waals surface area (Å²) in [5.41, 5.74) is 0.585. The van der Waals surface area contributed by atoms with E-state index in [-0.39, 0.29) is 37.4 Å². The van der Waals surface area contributed by atoms with Crippen LogP contribution in [0.5, 0.6) is 5.75 Å². The Morgan fingerprint density at radius 2 is 1.91 bits per heavy atom. The van der Waals surface area contributed by atoms with Crippen molar-refractivity contribution in [3.05, 3.63) is 54.0 Å². The first-order valence-electron chi connectivity index (χ1n) is 11.7.